The Hall–Kier alpha value is -2.08. The number of benzene rings is 1. The van der Waals surface area contributed by atoms with Crippen LogP contribution < -0.4 is 15.9 Å². The Morgan fingerprint density at radius 2 is 2.33 bits per heavy atom. The van der Waals surface area contributed by atoms with Gasteiger partial charge in [0.2, 0.25) is 0 Å². The highest BCUT2D eigenvalue weighted by Gasteiger charge is 2.55. The van der Waals surface area contributed by atoms with Gasteiger partial charge >= 0.3 is 0 Å². The molecule has 1 aromatic rings. The number of anilines is 1. The molecule has 0 amide bonds. The van der Waals surface area contributed by atoms with Gasteiger partial charge in [0.1, 0.15) is 5.69 Å². The molecular weight excluding hydrogens is 322 g/mol. The minimum absolute atomic E-state index is 0.193. The number of aliphatic imine (C=N–C) groups is 1. The van der Waals surface area contributed by atoms with Crippen LogP contribution in [0.5, 0.6) is 5.75 Å². The number of thioether (sulfide) groups is 1. The number of carbonyl (C=O) groups excluding carboxylic acids is 1. The molecule has 0 unspecified atom stereocenters. The molecule has 4 heterocycles. The first-order valence-electron chi connectivity index (χ1n) is 8.32. The molecule has 6 heteroatoms. The molecule has 0 radical (unpaired) electrons. The van der Waals surface area contributed by atoms with Gasteiger partial charge in [-0.25, -0.2) is 0 Å². The Labute approximate surface area is 142 Å². The van der Waals surface area contributed by atoms with Crippen molar-refractivity contribution in [2.24, 2.45) is 9.98 Å². The molecule has 5 nitrogen and oxygen atoms in total. The Morgan fingerprint density at radius 1 is 1.42 bits per heavy atom. The third-order valence-corrected chi connectivity index (χ3v) is 7.42. The lowest BCUT2D eigenvalue weighted by molar-refractivity contribution is -0.115. The Balaban J connectivity index is 1.79. The number of fused-ring (bicyclic) bond motifs is 3. The highest BCUT2D eigenvalue weighted by atomic mass is 32.2. The quantitative estimate of drug-likeness (QED) is 0.700. The highest BCUT2D eigenvalue weighted by Crippen LogP contribution is 2.59. The van der Waals surface area contributed by atoms with Gasteiger partial charge in [-0.3, -0.25) is 14.8 Å². The van der Waals surface area contributed by atoms with Crippen molar-refractivity contribution >= 4 is 40.7 Å². The molecular formula is C18H15N3O2S. The summed E-state index contributed by atoms with van der Waals surface area (Å²) < 4.78 is 0. The van der Waals surface area contributed by atoms with Crippen molar-refractivity contribution < 1.29 is 9.90 Å². The lowest BCUT2D eigenvalue weighted by atomic mass is 9.68. The molecule has 3 atom stereocenters. The second-order valence-electron chi connectivity index (χ2n) is 7.09. The van der Waals surface area contributed by atoms with E-state index in [2.05, 4.69) is 16.4 Å². The first-order chi connectivity index (χ1) is 11.7. The zero-order valence-corrected chi connectivity index (χ0v) is 13.7. The lowest BCUT2D eigenvalue weighted by Crippen LogP contribution is -2.47. The monoisotopic (exact) mass is 337 g/mol. The number of ketones is 1. The molecule has 0 saturated carbocycles. The zero-order valence-electron chi connectivity index (χ0n) is 12.9. The molecule has 1 aliphatic carbocycles. The van der Waals surface area contributed by atoms with Gasteiger partial charge in [-0.15, -0.1) is 11.8 Å². The van der Waals surface area contributed by atoms with Crippen LogP contribution >= 0.6 is 11.8 Å². The van der Waals surface area contributed by atoms with Crippen molar-refractivity contribution in [1.82, 2.24) is 0 Å². The van der Waals surface area contributed by atoms with Gasteiger partial charge in [-0.2, -0.15) is 0 Å². The Bertz CT molecular complexity index is 1030. The molecule has 6 rings (SSSR count). The highest BCUT2D eigenvalue weighted by molar-refractivity contribution is 8.01. The van der Waals surface area contributed by atoms with Crippen LogP contribution in [-0.2, 0) is 10.2 Å². The molecule has 2 N–H and O–H groups in total. The summed E-state index contributed by atoms with van der Waals surface area (Å²) in [5.41, 5.74) is 3.48. The number of nitrogens with zero attached hydrogens (tertiary/aromatic N) is 2. The van der Waals surface area contributed by atoms with E-state index < -0.39 is 0 Å². The van der Waals surface area contributed by atoms with Gasteiger partial charge in [0.15, 0.2) is 11.5 Å². The maximum Gasteiger partial charge on any atom is 0.165 e. The number of allylic oxidation sites excluding steroid dienone is 2. The van der Waals surface area contributed by atoms with Crippen LogP contribution in [0.2, 0.25) is 0 Å². The van der Waals surface area contributed by atoms with Crippen molar-refractivity contribution in [1.29, 1.82) is 0 Å². The van der Waals surface area contributed by atoms with Crippen LogP contribution in [0.25, 0.3) is 5.57 Å². The molecule has 24 heavy (non-hydrogen) atoms. The van der Waals surface area contributed by atoms with Gasteiger partial charge in [-0.05, 0) is 24.5 Å². The van der Waals surface area contributed by atoms with Crippen LogP contribution in [-0.4, -0.2) is 34.3 Å². The van der Waals surface area contributed by atoms with Gasteiger partial charge in [0.25, 0.3) is 0 Å². The molecule has 120 valence electrons. The number of nitrogens with one attached hydrogen (secondary N) is 1. The van der Waals surface area contributed by atoms with Gasteiger partial charge in [0, 0.05) is 40.6 Å². The molecule has 0 aromatic heterocycles. The first kappa shape index (κ1) is 13.2. The second-order valence-corrected chi connectivity index (χ2v) is 8.50. The predicted molar refractivity (Wildman–Crippen MR) is 93.8 cm³/mol. The van der Waals surface area contributed by atoms with E-state index in [0.717, 1.165) is 41.2 Å². The van der Waals surface area contributed by atoms with E-state index in [1.165, 1.54) is 5.57 Å². The lowest BCUT2D eigenvalue weighted by Gasteiger charge is -2.38. The number of rotatable bonds is 0. The third-order valence-electron chi connectivity index (χ3n) is 5.89. The number of hydrogen-bond donors (Lipinski definition) is 2. The summed E-state index contributed by atoms with van der Waals surface area (Å²) in [6.45, 7) is 0.755. The van der Waals surface area contributed by atoms with Crippen molar-refractivity contribution in [3.63, 3.8) is 0 Å². The van der Waals surface area contributed by atoms with Crippen molar-refractivity contribution in [3.8, 4) is 5.75 Å². The van der Waals surface area contributed by atoms with Crippen molar-refractivity contribution in [3.05, 3.63) is 28.3 Å². The van der Waals surface area contributed by atoms with Gasteiger partial charge in [-0.1, -0.05) is 6.08 Å². The van der Waals surface area contributed by atoms with Crippen molar-refractivity contribution in [2.75, 3.05) is 11.9 Å². The average Bonchev–Trinajstić information content (AvgIpc) is 3.12. The number of phenolic OH excluding ortho intramolecular Hbond substituents is 1. The summed E-state index contributed by atoms with van der Waals surface area (Å²) in [5, 5.41) is 16.8. The van der Waals surface area contributed by atoms with Crippen LogP contribution in [0.4, 0.5) is 11.4 Å². The largest absolute Gasteiger partial charge is 0.504 e. The van der Waals surface area contributed by atoms with Crippen LogP contribution in [0.1, 0.15) is 24.8 Å². The molecule has 4 aliphatic heterocycles. The minimum Gasteiger partial charge on any atom is -0.504 e. The van der Waals surface area contributed by atoms with E-state index in [1.807, 2.05) is 18.0 Å². The number of carbonyl (C=O) groups is 1. The fourth-order valence-corrected chi connectivity index (χ4v) is 6.62. The van der Waals surface area contributed by atoms with Gasteiger partial charge in [0.05, 0.1) is 16.4 Å². The zero-order chi connectivity index (χ0) is 16.1. The van der Waals surface area contributed by atoms with E-state index in [4.69, 9.17) is 4.99 Å². The summed E-state index contributed by atoms with van der Waals surface area (Å²) >= 11 is 1.82. The topological polar surface area (TPSA) is 74.0 Å². The van der Waals surface area contributed by atoms with Crippen molar-refractivity contribution in [2.45, 2.75) is 35.3 Å². The maximum absolute atomic E-state index is 12.0. The molecule has 5 aliphatic rings. The summed E-state index contributed by atoms with van der Waals surface area (Å²) in [5.74, 6) is 0.432. The summed E-state index contributed by atoms with van der Waals surface area (Å²) in [6, 6.07) is 0. The summed E-state index contributed by atoms with van der Waals surface area (Å²) in [7, 11) is 0. The molecule has 1 saturated heterocycles. The predicted octanol–water partition coefficient (Wildman–Crippen LogP) is 1.31. The molecule has 1 spiro atoms. The minimum atomic E-state index is -0.208. The summed E-state index contributed by atoms with van der Waals surface area (Å²) in [6.07, 6.45) is 8.06. The fourth-order valence-electron chi connectivity index (χ4n) is 4.87. The average molecular weight is 337 g/mol. The molecule has 2 bridgehead atoms. The Kier molecular flexibility index (Phi) is 2.27. The standard InChI is InChI=1S/C18H15N3O2S/c22-9-1-3-18-6-11(24-10(18)5-9)21-16-13(18)14-12-8(2-4-19-14)7-20-15(12)17(16)23/h1,3,7,10-11,21,23H,2,4-6H2/t10-,11+,18+/m1/s1. The van der Waals surface area contributed by atoms with E-state index in [0.29, 0.717) is 12.1 Å². The SMILES string of the molecule is O=C1C=C[C@@]23C[C@@H](Nc4c(O)c5c6c(c42)=NCCC=6C=N5)S[C@@H]3C1. The van der Waals surface area contributed by atoms with E-state index in [9.17, 15) is 9.90 Å². The fraction of sp³-hybridized carbons (Fsp3) is 0.389. The smallest absolute Gasteiger partial charge is 0.165 e. The first-order valence-corrected chi connectivity index (χ1v) is 9.27. The van der Waals surface area contributed by atoms with Gasteiger partial charge < -0.3 is 10.4 Å². The van der Waals surface area contributed by atoms with Crippen LogP contribution in [0.15, 0.2) is 22.1 Å². The maximum atomic E-state index is 12.0. The van der Waals surface area contributed by atoms with Crippen LogP contribution in [0, 0.1) is 0 Å². The van der Waals surface area contributed by atoms with E-state index in [1.54, 1.807) is 6.08 Å². The normalized spacial score (nSPS) is 33.7. The van der Waals surface area contributed by atoms with E-state index in [-0.39, 0.29) is 27.6 Å². The van der Waals surface area contributed by atoms with Crippen LogP contribution in [0.3, 0.4) is 0 Å². The number of hydrogen-bond acceptors (Lipinski definition) is 6. The number of phenols is 1. The van der Waals surface area contributed by atoms with E-state index >= 15 is 0 Å². The third kappa shape index (κ3) is 1.38. The number of aromatic hydroxyl groups is 1. The molecule has 1 fully saturated rings. The Morgan fingerprint density at radius 3 is 3.25 bits per heavy atom. The summed E-state index contributed by atoms with van der Waals surface area (Å²) in [4.78, 5) is 21.3. The second kappa shape index (κ2) is 4.11. The molecule has 1 aromatic carbocycles.